The van der Waals surface area contributed by atoms with Gasteiger partial charge in [-0.25, -0.2) is 0 Å². The van der Waals surface area contributed by atoms with Crippen LogP contribution in [0.3, 0.4) is 0 Å². The Hall–Kier alpha value is -3.03. The lowest BCUT2D eigenvalue weighted by Crippen LogP contribution is -2.51. The number of benzene rings is 3. The first kappa shape index (κ1) is 30.9. The molecule has 0 N–H and O–H groups in total. The van der Waals surface area contributed by atoms with E-state index in [1.807, 2.05) is 101 Å². The van der Waals surface area contributed by atoms with E-state index < -0.39 is 17.5 Å². The second-order valence-electron chi connectivity index (χ2n) is 12.2. The molecule has 220 valence electrons. The lowest BCUT2D eigenvalue weighted by Gasteiger charge is -2.40. The number of carbonyl (C=O) groups excluding carboxylic acids is 1. The van der Waals surface area contributed by atoms with Gasteiger partial charge in [-0.05, 0) is 58.2 Å². The van der Waals surface area contributed by atoms with Crippen molar-refractivity contribution in [2.45, 2.75) is 96.8 Å². The quantitative estimate of drug-likeness (QED) is 0.221. The molecule has 3 aromatic carbocycles. The third kappa shape index (κ3) is 9.23. The molecule has 1 aliphatic heterocycles. The van der Waals surface area contributed by atoms with Gasteiger partial charge in [0.15, 0.2) is 5.79 Å². The molecule has 1 aliphatic rings. The van der Waals surface area contributed by atoms with E-state index in [9.17, 15) is 4.79 Å². The SMILES string of the molecule is C[C@@H](c1ccccc1)N(Cc1ccccc1)[C@H](CC(=O)OC(C)(C)C)[C@H]1OC(C)(C)O[C@H]1COCc1ccccc1. The highest BCUT2D eigenvalue weighted by atomic mass is 16.8. The van der Waals surface area contributed by atoms with Crippen LogP contribution in [0.2, 0.25) is 0 Å². The van der Waals surface area contributed by atoms with Gasteiger partial charge in [0, 0.05) is 12.6 Å². The van der Waals surface area contributed by atoms with Crippen LogP contribution in [0.5, 0.6) is 0 Å². The van der Waals surface area contributed by atoms with Crippen molar-refractivity contribution in [2.24, 2.45) is 0 Å². The zero-order valence-electron chi connectivity index (χ0n) is 25.3. The van der Waals surface area contributed by atoms with Crippen molar-refractivity contribution < 1.29 is 23.7 Å². The van der Waals surface area contributed by atoms with Gasteiger partial charge in [-0.1, -0.05) is 91.0 Å². The fourth-order valence-corrected chi connectivity index (χ4v) is 5.42. The highest BCUT2D eigenvalue weighted by Crippen LogP contribution is 2.37. The van der Waals surface area contributed by atoms with Gasteiger partial charge in [0.2, 0.25) is 0 Å². The minimum Gasteiger partial charge on any atom is -0.460 e. The van der Waals surface area contributed by atoms with Crippen LogP contribution in [0.1, 0.15) is 70.7 Å². The van der Waals surface area contributed by atoms with Crippen LogP contribution >= 0.6 is 0 Å². The summed E-state index contributed by atoms with van der Waals surface area (Å²) >= 11 is 0. The predicted molar refractivity (Wildman–Crippen MR) is 161 cm³/mol. The fourth-order valence-electron chi connectivity index (χ4n) is 5.42. The van der Waals surface area contributed by atoms with Crippen LogP contribution in [-0.2, 0) is 36.9 Å². The molecular formula is C35H45NO5. The van der Waals surface area contributed by atoms with Gasteiger partial charge < -0.3 is 18.9 Å². The average molecular weight is 560 g/mol. The Morgan fingerprint density at radius 1 is 0.878 bits per heavy atom. The van der Waals surface area contributed by atoms with Crippen LogP contribution in [0, 0.1) is 0 Å². The Morgan fingerprint density at radius 2 is 1.44 bits per heavy atom. The second kappa shape index (κ2) is 13.8. The number of nitrogens with zero attached hydrogens (tertiary/aromatic N) is 1. The zero-order chi connectivity index (χ0) is 29.5. The molecule has 0 saturated carbocycles. The van der Waals surface area contributed by atoms with Crippen molar-refractivity contribution in [1.82, 2.24) is 4.90 Å². The van der Waals surface area contributed by atoms with Crippen molar-refractivity contribution in [3.63, 3.8) is 0 Å². The first-order valence-corrected chi connectivity index (χ1v) is 14.5. The maximum absolute atomic E-state index is 13.4. The van der Waals surface area contributed by atoms with Gasteiger partial charge in [-0.2, -0.15) is 0 Å². The van der Waals surface area contributed by atoms with Crippen LogP contribution in [0.25, 0.3) is 0 Å². The summed E-state index contributed by atoms with van der Waals surface area (Å²) in [4.78, 5) is 15.8. The average Bonchev–Trinajstić information content (AvgIpc) is 3.24. The molecule has 0 bridgehead atoms. The molecule has 4 atom stereocenters. The number of carbonyl (C=O) groups is 1. The van der Waals surface area contributed by atoms with Crippen molar-refractivity contribution in [3.8, 4) is 0 Å². The summed E-state index contributed by atoms with van der Waals surface area (Å²) in [6.45, 7) is 13.1. The Morgan fingerprint density at radius 3 is 2.02 bits per heavy atom. The van der Waals surface area contributed by atoms with Crippen molar-refractivity contribution in [2.75, 3.05) is 6.61 Å². The predicted octanol–water partition coefficient (Wildman–Crippen LogP) is 7.09. The van der Waals surface area contributed by atoms with E-state index in [-0.39, 0.29) is 30.6 Å². The topological polar surface area (TPSA) is 57.2 Å². The van der Waals surface area contributed by atoms with Gasteiger partial charge in [0.1, 0.15) is 17.8 Å². The number of esters is 1. The van der Waals surface area contributed by atoms with Crippen molar-refractivity contribution >= 4 is 5.97 Å². The minimum absolute atomic E-state index is 0.0120. The molecule has 4 rings (SSSR count). The Kier molecular flexibility index (Phi) is 10.4. The number of ether oxygens (including phenoxy) is 4. The minimum atomic E-state index is -0.827. The van der Waals surface area contributed by atoms with E-state index in [1.165, 1.54) is 0 Å². The van der Waals surface area contributed by atoms with Gasteiger partial charge >= 0.3 is 5.97 Å². The van der Waals surface area contributed by atoms with E-state index in [1.54, 1.807) is 0 Å². The largest absolute Gasteiger partial charge is 0.460 e. The highest BCUT2D eigenvalue weighted by Gasteiger charge is 2.48. The monoisotopic (exact) mass is 559 g/mol. The van der Waals surface area contributed by atoms with E-state index in [2.05, 4.69) is 36.1 Å². The van der Waals surface area contributed by atoms with Crippen LogP contribution < -0.4 is 0 Å². The molecule has 0 aliphatic carbocycles. The number of hydrogen-bond acceptors (Lipinski definition) is 6. The van der Waals surface area contributed by atoms with E-state index >= 15 is 0 Å². The second-order valence-corrected chi connectivity index (χ2v) is 12.2. The van der Waals surface area contributed by atoms with Crippen LogP contribution in [-0.4, -0.2) is 47.1 Å². The van der Waals surface area contributed by atoms with Crippen molar-refractivity contribution in [1.29, 1.82) is 0 Å². The summed E-state index contributed by atoms with van der Waals surface area (Å²) in [7, 11) is 0. The standard InChI is InChI=1S/C35H45NO5/c1-26(29-20-14-9-15-21-29)36(23-27-16-10-7-11-17-27)30(22-32(37)40-34(2,3)4)33-31(39-35(5,6)41-33)25-38-24-28-18-12-8-13-19-28/h7-21,26,30-31,33H,22-25H2,1-6H3/t26-,30+,31-,33+/m0/s1. The molecule has 3 aromatic rings. The number of hydrogen-bond donors (Lipinski definition) is 0. The molecule has 0 unspecified atom stereocenters. The summed E-state index contributed by atoms with van der Waals surface area (Å²) in [5.41, 5.74) is 2.81. The van der Waals surface area contributed by atoms with Crippen LogP contribution in [0.15, 0.2) is 91.0 Å². The molecule has 1 fully saturated rings. The number of rotatable bonds is 12. The highest BCUT2D eigenvalue weighted by molar-refractivity contribution is 5.70. The third-order valence-corrected chi connectivity index (χ3v) is 7.20. The van der Waals surface area contributed by atoms with E-state index in [0.29, 0.717) is 19.8 Å². The summed E-state index contributed by atoms with van der Waals surface area (Å²) < 4.78 is 25.0. The maximum atomic E-state index is 13.4. The molecule has 0 aromatic heterocycles. The summed E-state index contributed by atoms with van der Waals surface area (Å²) in [5.74, 6) is -1.09. The van der Waals surface area contributed by atoms with Gasteiger partial charge in [-0.15, -0.1) is 0 Å². The Labute approximate surface area is 245 Å². The van der Waals surface area contributed by atoms with Gasteiger partial charge in [-0.3, -0.25) is 9.69 Å². The first-order valence-electron chi connectivity index (χ1n) is 14.5. The first-order chi connectivity index (χ1) is 19.5. The molecule has 6 nitrogen and oxygen atoms in total. The van der Waals surface area contributed by atoms with Gasteiger partial charge in [0.05, 0.1) is 25.7 Å². The Balaban J connectivity index is 1.68. The Bertz CT molecular complexity index is 1210. The molecule has 0 amide bonds. The van der Waals surface area contributed by atoms with E-state index in [0.717, 1.165) is 16.7 Å². The smallest absolute Gasteiger partial charge is 0.308 e. The fraction of sp³-hybridized carbons (Fsp3) is 0.457. The zero-order valence-corrected chi connectivity index (χ0v) is 25.3. The molecule has 1 heterocycles. The molecular weight excluding hydrogens is 514 g/mol. The van der Waals surface area contributed by atoms with Crippen molar-refractivity contribution in [3.05, 3.63) is 108 Å². The molecule has 0 spiro atoms. The third-order valence-electron chi connectivity index (χ3n) is 7.20. The summed E-state index contributed by atoms with van der Waals surface area (Å²) in [5, 5.41) is 0. The van der Waals surface area contributed by atoms with Gasteiger partial charge in [0.25, 0.3) is 0 Å². The normalized spacial score (nSPS) is 20.1. The van der Waals surface area contributed by atoms with E-state index in [4.69, 9.17) is 18.9 Å². The van der Waals surface area contributed by atoms with Crippen LogP contribution in [0.4, 0.5) is 0 Å². The molecule has 6 heteroatoms. The molecule has 0 radical (unpaired) electrons. The summed E-state index contributed by atoms with van der Waals surface area (Å²) in [6.07, 6.45) is -0.647. The lowest BCUT2D eigenvalue weighted by molar-refractivity contribution is -0.165. The summed E-state index contributed by atoms with van der Waals surface area (Å²) in [6, 6.07) is 30.4. The maximum Gasteiger partial charge on any atom is 0.308 e. The lowest BCUT2D eigenvalue weighted by atomic mass is 9.95. The molecule has 41 heavy (non-hydrogen) atoms. The molecule has 1 saturated heterocycles.